The highest BCUT2D eigenvalue weighted by Gasteiger charge is 2.21. The Balaban J connectivity index is 2.35. The number of carbonyl (C=O) groups excluding carboxylic acids is 1. The van der Waals surface area contributed by atoms with Crippen molar-refractivity contribution in [2.45, 2.75) is 12.5 Å². The van der Waals surface area contributed by atoms with Gasteiger partial charge in [0.15, 0.2) is 0 Å². The monoisotopic (exact) mass is 173 g/mol. The molecule has 0 radical (unpaired) electrons. The van der Waals surface area contributed by atoms with Gasteiger partial charge >= 0.3 is 5.97 Å². The van der Waals surface area contributed by atoms with E-state index in [1.54, 1.807) is 0 Å². The molecule has 0 aromatic heterocycles. The second-order valence-corrected chi connectivity index (χ2v) is 2.69. The fourth-order valence-corrected chi connectivity index (χ4v) is 1.16. The Bertz CT molecular complexity index is 182. The lowest BCUT2D eigenvalue weighted by molar-refractivity contribution is -0.144. The van der Waals surface area contributed by atoms with Crippen LogP contribution in [0, 0.1) is 0 Å². The number of amides is 1. The quantitative estimate of drug-likeness (QED) is 0.574. The third-order valence-electron chi connectivity index (χ3n) is 1.72. The zero-order chi connectivity index (χ0) is 8.97. The van der Waals surface area contributed by atoms with Crippen LogP contribution in [0.2, 0.25) is 0 Å². The largest absolute Gasteiger partial charge is 0.481 e. The Kier molecular flexibility index (Phi) is 3.04. The topological polar surface area (TPSA) is 66.8 Å². The average Bonchev–Trinajstić information content (AvgIpc) is 2.03. The Labute approximate surface area is 69.9 Å². The lowest BCUT2D eigenvalue weighted by atomic mass is 10.2. The predicted molar refractivity (Wildman–Crippen MR) is 39.6 cm³/mol. The van der Waals surface area contributed by atoms with Gasteiger partial charge in [-0.2, -0.15) is 0 Å². The van der Waals surface area contributed by atoms with E-state index in [1.165, 1.54) is 4.90 Å². The summed E-state index contributed by atoms with van der Waals surface area (Å²) in [6, 6.07) is 0. The molecule has 1 heterocycles. The highest BCUT2D eigenvalue weighted by Crippen LogP contribution is 2.06. The van der Waals surface area contributed by atoms with Crippen molar-refractivity contribution >= 4 is 12.4 Å². The van der Waals surface area contributed by atoms with E-state index >= 15 is 0 Å². The molecule has 0 bridgehead atoms. The summed E-state index contributed by atoms with van der Waals surface area (Å²) in [5, 5.41) is 8.44. The van der Waals surface area contributed by atoms with Gasteiger partial charge in [0, 0.05) is 13.1 Å². The molecule has 1 atom stereocenters. The summed E-state index contributed by atoms with van der Waals surface area (Å²) in [6.07, 6.45) is 0.336. The summed E-state index contributed by atoms with van der Waals surface area (Å²) in [5.41, 5.74) is 0. The van der Waals surface area contributed by atoms with E-state index in [4.69, 9.17) is 9.84 Å². The molecule has 12 heavy (non-hydrogen) atoms. The Morgan fingerprint density at radius 2 is 2.50 bits per heavy atom. The van der Waals surface area contributed by atoms with Crippen LogP contribution in [0.1, 0.15) is 6.42 Å². The number of hydrogen-bond donors (Lipinski definition) is 1. The first kappa shape index (κ1) is 8.99. The maximum atomic E-state index is 10.3. The molecule has 0 aromatic carbocycles. The van der Waals surface area contributed by atoms with E-state index in [0.29, 0.717) is 19.7 Å². The molecule has 1 unspecified atom stereocenters. The van der Waals surface area contributed by atoms with Crippen LogP contribution in [0.5, 0.6) is 0 Å². The summed E-state index contributed by atoms with van der Waals surface area (Å²) < 4.78 is 5.14. The molecule has 1 N–H and O–H groups in total. The van der Waals surface area contributed by atoms with Crippen molar-refractivity contribution in [2.75, 3.05) is 19.7 Å². The molecule has 1 aliphatic heterocycles. The molecular formula is C7H11NO4. The smallest absolute Gasteiger partial charge is 0.306 e. The number of morpholine rings is 1. The molecule has 0 aromatic rings. The van der Waals surface area contributed by atoms with Crippen LogP contribution in [-0.4, -0.2) is 48.2 Å². The molecule has 0 saturated carbocycles. The number of carboxylic acids is 1. The highest BCUT2D eigenvalue weighted by molar-refractivity contribution is 5.67. The number of carboxylic acid groups (broad SMARTS) is 1. The molecule has 68 valence electrons. The lowest BCUT2D eigenvalue weighted by Gasteiger charge is -2.29. The van der Waals surface area contributed by atoms with Gasteiger partial charge in [-0.05, 0) is 0 Å². The lowest BCUT2D eigenvalue weighted by Crippen LogP contribution is -2.42. The molecule has 0 spiro atoms. The van der Waals surface area contributed by atoms with Crippen LogP contribution >= 0.6 is 0 Å². The molecule has 5 nitrogen and oxygen atoms in total. The number of rotatable bonds is 3. The van der Waals surface area contributed by atoms with E-state index in [9.17, 15) is 9.59 Å². The molecule has 1 aliphatic rings. The van der Waals surface area contributed by atoms with E-state index in [-0.39, 0.29) is 12.5 Å². The first-order valence-electron chi connectivity index (χ1n) is 3.75. The van der Waals surface area contributed by atoms with Gasteiger partial charge in [-0.3, -0.25) is 9.59 Å². The zero-order valence-electron chi connectivity index (χ0n) is 6.60. The Morgan fingerprint density at radius 1 is 1.75 bits per heavy atom. The summed E-state index contributed by atoms with van der Waals surface area (Å²) in [5.74, 6) is -0.896. The van der Waals surface area contributed by atoms with Gasteiger partial charge in [-0.25, -0.2) is 0 Å². The van der Waals surface area contributed by atoms with E-state index < -0.39 is 5.97 Å². The zero-order valence-corrected chi connectivity index (χ0v) is 6.60. The maximum Gasteiger partial charge on any atom is 0.306 e. The van der Waals surface area contributed by atoms with Crippen molar-refractivity contribution in [3.8, 4) is 0 Å². The van der Waals surface area contributed by atoms with E-state index in [1.807, 2.05) is 0 Å². The Hall–Kier alpha value is -1.10. The fraction of sp³-hybridized carbons (Fsp3) is 0.714. The summed E-state index contributed by atoms with van der Waals surface area (Å²) in [7, 11) is 0. The van der Waals surface area contributed by atoms with E-state index in [0.717, 1.165) is 6.41 Å². The van der Waals surface area contributed by atoms with Crippen LogP contribution in [-0.2, 0) is 14.3 Å². The minimum Gasteiger partial charge on any atom is -0.481 e. The fourth-order valence-electron chi connectivity index (χ4n) is 1.16. The van der Waals surface area contributed by atoms with Crippen LogP contribution in [0.3, 0.4) is 0 Å². The maximum absolute atomic E-state index is 10.3. The van der Waals surface area contributed by atoms with Gasteiger partial charge in [0.2, 0.25) is 6.41 Å². The number of nitrogens with zero attached hydrogens (tertiary/aromatic N) is 1. The minimum absolute atomic E-state index is 0.0374. The third kappa shape index (κ3) is 2.50. The summed E-state index contributed by atoms with van der Waals surface area (Å²) >= 11 is 0. The van der Waals surface area contributed by atoms with Gasteiger partial charge in [-0.1, -0.05) is 0 Å². The molecule has 1 rings (SSSR count). The van der Waals surface area contributed by atoms with Crippen molar-refractivity contribution in [1.82, 2.24) is 4.90 Å². The Morgan fingerprint density at radius 3 is 3.08 bits per heavy atom. The van der Waals surface area contributed by atoms with Crippen molar-refractivity contribution in [3.05, 3.63) is 0 Å². The molecule has 1 fully saturated rings. The first-order valence-corrected chi connectivity index (χ1v) is 3.75. The van der Waals surface area contributed by atoms with Gasteiger partial charge in [0.1, 0.15) is 0 Å². The molecule has 1 amide bonds. The van der Waals surface area contributed by atoms with Gasteiger partial charge in [0.05, 0.1) is 19.1 Å². The van der Waals surface area contributed by atoms with Gasteiger partial charge in [0.25, 0.3) is 0 Å². The molecular weight excluding hydrogens is 162 g/mol. The van der Waals surface area contributed by atoms with Crippen molar-refractivity contribution in [1.29, 1.82) is 0 Å². The number of ether oxygens (including phenoxy) is 1. The summed E-state index contributed by atoms with van der Waals surface area (Å²) in [4.78, 5) is 22.1. The standard InChI is InChI=1S/C7H11NO4/c9-5-8-1-2-12-6(4-8)3-7(10)11/h5-6H,1-4H2,(H,10,11). The number of aliphatic carboxylic acids is 1. The summed E-state index contributed by atoms with van der Waals surface area (Å²) in [6.45, 7) is 1.37. The van der Waals surface area contributed by atoms with E-state index in [2.05, 4.69) is 0 Å². The van der Waals surface area contributed by atoms with Crippen LogP contribution in [0.15, 0.2) is 0 Å². The predicted octanol–water partition coefficient (Wildman–Crippen LogP) is -0.682. The minimum atomic E-state index is -0.896. The van der Waals surface area contributed by atoms with Crippen LogP contribution in [0.25, 0.3) is 0 Å². The second kappa shape index (κ2) is 4.06. The van der Waals surface area contributed by atoms with Crippen LogP contribution < -0.4 is 0 Å². The van der Waals surface area contributed by atoms with Crippen molar-refractivity contribution < 1.29 is 19.4 Å². The van der Waals surface area contributed by atoms with Crippen molar-refractivity contribution in [2.24, 2.45) is 0 Å². The second-order valence-electron chi connectivity index (χ2n) is 2.69. The number of carbonyl (C=O) groups is 2. The SMILES string of the molecule is O=CN1CCOC(CC(=O)O)C1. The van der Waals surface area contributed by atoms with Crippen molar-refractivity contribution in [3.63, 3.8) is 0 Å². The molecule has 1 saturated heterocycles. The molecule has 5 heteroatoms. The van der Waals surface area contributed by atoms with Gasteiger partial charge < -0.3 is 14.7 Å². The normalized spacial score (nSPS) is 23.7. The average molecular weight is 173 g/mol. The van der Waals surface area contributed by atoms with Gasteiger partial charge in [-0.15, -0.1) is 0 Å². The van der Waals surface area contributed by atoms with Crippen LogP contribution in [0.4, 0.5) is 0 Å². The number of hydrogen-bond acceptors (Lipinski definition) is 3. The first-order chi connectivity index (χ1) is 5.72. The highest BCUT2D eigenvalue weighted by atomic mass is 16.5. The molecule has 0 aliphatic carbocycles. The third-order valence-corrected chi connectivity index (χ3v) is 1.72.